The Bertz CT molecular complexity index is 597. The first-order valence-corrected chi connectivity index (χ1v) is 5.54. The molecule has 0 atom stereocenters. The minimum atomic E-state index is -0.149. The van der Waals surface area contributed by atoms with E-state index in [1.165, 1.54) is 4.68 Å². The predicted molar refractivity (Wildman–Crippen MR) is 64.3 cm³/mol. The maximum Gasteiger partial charge on any atom is 0.216 e. The summed E-state index contributed by atoms with van der Waals surface area (Å²) in [6, 6.07) is 1.74. The van der Waals surface area contributed by atoms with Crippen molar-refractivity contribution in [3.63, 3.8) is 0 Å². The lowest BCUT2D eigenvalue weighted by atomic mass is 10.1. The molecule has 2 heterocycles. The van der Waals surface area contributed by atoms with Gasteiger partial charge in [-0.3, -0.25) is 14.2 Å². The Balaban J connectivity index is 2.55. The van der Waals surface area contributed by atoms with Gasteiger partial charge in [0.25, 0.3) is 0 Å². The lowest BCUT2D eigenvalue weighted by Gasteiger charge is -2.00. The number of ketones is 1. The summed E-state index contributed by atoms with van der Waals surface area (Å²) in [4.78, 5) is 12.3. The summed E-state index contributed by atoms with van der Waals surface area (Å²) in [5, 5.41) is 8.63. The molecule has 0 aliphatic heterocycles. The first-order chi connectivity index (χ1) is 7.91. The second-order valence-corrected chi connectivity index (χ2v) is 4.36. The third-order valence-electron chi connectivity index (χ3n) is 2.61. The third kappa shape index (κ3) is 1.86. The lowest BCUT2D eigenvalue weighted by Crippen LogP contribution is -2.09. The van der Waals surface area contributed by atoms with Gasteiger partial charge in [-0.2, -0.15) is 10.2 Å². The Labute approximate surface area is 104 Å². The van der Waals surface area contributed by atoms with Gasteiger partial charge in [-0.15, -0.1) is 0 Å². The molecule has 2 aromatic heterocycles. The molecule has 90 valence electrons. The summed E-state index contributed by atoms with van der Waals surface area (Å²) >= 11 is 6.07. The van der Waals surface area contributed by atoms with E-state index in [1.54, 1.807) is 31.8 Å². The highest BCUT2D eigenvalue weighted by Crippen LogP contribution is 2.22. The number of halogens is 1. The van der Waals surface area contributed by atoms with Gasteiger partial charge < -0.3 is 0 Å². The van der Waals surface area contributed by atoms with Crippen molar-refractivity contribution < 1.29 is 4.79 Å². The Morgan fingerprint density at radius 3 is 2.29 bits per heavy atom. The number of hydrogen-bond acceptors (Lipinski definition) is 3. The number of carbonyl (C=O) groups excluding carboxylic acids is 1. The standard InChI is InChI=1S/C11H13ClN4O/c1-6-5-8(15(3)13-6)10(17)9-7(2)14-16(4)11(9)12/h5H,1-4H3. The van der Waals surface area contributed by atoms with E-state index < -0.39 is 0 Å². The van der Waals surface area contributed by atoms with Crippen molar-refractivity contribution in [2.45, 2.75) is 13.8 Å². The molecule has 5 nitrogen and oxygen atoms in total. The van der Waals surface area contributed by atoms with Crippen LogP contribution in [0.25, 0.3) is 0 Å². The number of aromatic nitrogens is 4. The van der Waals surface area contributed by atoms with Crippen LogP contribution in [0.15, 0.2) is 6.07 Å². The third-order valence-corrected chi connectivity index (χ3v) is 3.05. The van der Waals surface area contributed by atoms with Crippen LogP contribution in [-0.2, 0) is 14.1 Å². The van der Waals surface area contributed by atoms with Crippen LogP contribution in [0.5, 0.6) is 0 Å². The van der Waals surface area contributed by atoms with Crippen LogP contribution in [0.1, 0.15) is 27.4 Å². The van der Waals surface area contributed by atoms with Crippen LogP contribution < -0.4 is 0 Å². The van der Waals surface area contributed by atoms with Crippen molar-refractivity contribution in [1.82, 2.24) is 19.6 Å². The Morgan fingerprint density at radius 2 is 1.88 bits per heavy atom. The molecule has 0 N–H and O–H groups in total. The summed E-state index contributed by atoms with van der Waals surface area (Å²) in [6.07, 6.45) is 0. The van der Waals surface area contributed by atoms with Crippen molar-refractivity contribution in [3.05, 3.63) is 33.9 Å². The first-order valence-electron chi connectivity index (χ1n) is 5.16. The van der Waals surface area contributed by atoms with Gasteiger partial charge in [-0.25, -0.2) is 0 Å². The summed E-state index contributed by atoms with van der Waals surface area (Å²) in [7, 11) is 3.44. The molecule has 6 heteroatoms. The minimum Gasteiger partial charge on any atom is -0.287 e. The second kappa shape index (κ2) is 4.00. The predicted octanol–water partition coefficient (Wildman–Crippen LogP) is 1.65. The summed E-state index contributed by atoms with van der Waals surface area (Å²) in [6.45, 7) is 3.61. The molecule has 0 aliphatic carbocycles. The van der Waals surface area contributed by atoms with Crippen molar-refractivity contribution in [1.29, 1.82) is 0 Å². The largest absolute Gasteiger partial charge is 0.287 e. The smallest absolute Gasteiger partial charge is 0.216 e. The molecule has 0 bridgehead atoms. The van der Waals surface area contributed by atoms with Crippen LogP contribution in [0.4, 0.5) is 0 Å². The molecule has 0 spiro atoms. The number of rotatable bonds is 2. The topological polar surface area (TPSA) is 52.7 Å². The number of nitrogens with zero attached hydrogens (tertiary/aromatic N) is 4. The number of aryl methyl sites for hydroxylation is 4. The summed E-state index contributed by atoms with van der Waals surface area (Å²) in [5.74, 6) is -0.149. The molecule has 0 fully saturated rings. The fourth-order valence-electron chi connectivity index (χ4n) is 1.84. The second-order valence-electron chi connectivity index (χ2n) is 4.00. The number of carbonyl (C=O) groups is 1. The van der Waals surface area contributed by atoms with Gasteiger partial charge >= 0.3 is 0 Å². The Morgan fingerprint density at radius 1 is 1.24 bits per heavy atom. The van der Waals surface area contributed by atoms with E-state index in [2.05, 4.69) is 10.2 Å². The average molecular weight is 253 g/mol. The molecule has 0 aromatic carbocycles. The Hall–Kier alpha value is -1.62. The average Bonchev–Trinajstić information content (AvgIpc) is 2.68. The van der Waals surface area contributed by atoms with Gasteiger partial charge in [0.05, 0.1) is 17.0 Å². The Kier molecular flexibility index (Phi) is 2.79. The van der Waals surface area contributed by atoms with Crippen molar-refractivity contribution in [2.75, 3.05) is 0 Å². The van der Waals surface area contributed by atoms with Crippen LogP contribution in [0.3, 0.4) is 0 Å². The SMILES string of the molecule is Cc1cc(C(=O)c2c(C)nn(C)c2Cl)n(C)n1. The van der Waals surface area contributed by atoms with E-state index in [4.69, 9.17) is 11.6 Å². The molecule has 0 radical (unpaired) electrons. The zero-order valence-corrected chi connectivity index (χ0v) is 10.9. The van der Waals surface area contributed by atoms with Gasteiger partial charge in [-0.05, 0) is 19.9 Å². The quantitative estimate of drug-likeness (QED) is 0.764. The minimum absolute atomic E-state index is 0.149. The number of hydrogen-bond donors (Lipinski definition) is 0. The molecular weight excluding hydrogens is 240 g/mol. The molecule has 2 rings (SSSR count). The molecular formula is C11H13ClN4O. The monoisotopic (exact) mass is 252 g/mol. The molecule has 0 amide bonds. The van der Waals surface area contributed by atoms with Crippen molar-refractivity contribution >= 4 is 17.4 Å². The van der Waals surface area contributed by atoms with Crippen LogP contribution in [-0.4, -0.2) is 25.3 Å². The van der Waals surface area contributed by atoms with E-state index in [1.807, 2.05) is 6.92 Å². The van der Waals surface area contributed by atoms with E-state index >= 15 is 0 Å². The summed E-state index contributed by atoms with van der Waals surface area (Å²) in [5.41, 5.74) is 2.38. The lowest BCUT2D eigenvalue weighted by molar-refractivity contribution is 0.103. The molecule has 17 heavy (non-hydrogen) atoms. The van der Waals surface area contributed by atoms with Gasteiger partial charge in [0.15, 0.2) is 0 Å². The highest BCUT2D eigenvalue weighted by Gasteiger charge is 2.22. The fraction of sp³-hybridized carbons (Fsp3) is 0.364. The highest BCUT2D eigenvalue weighted by molar-refractivity contribution is 6.34. The maximum atomic E-state index is 12.3. The zero-order valence-electron chi connectivity index (χ0n) is 10.2. The van der Waals surface area contributed by atoms with Crippen LogP contribution >= 0.6 is 11.6 Å². The van der Waals surface area contributed by atoms with Gasteiger partial charge in [0.2, 0.25) is 5.78 Å². The molecule has 0 saturated carbocycles. The normalized spacial score (nSPS) is 10.9. The van der Waals surface area contributed by atoms with Crippen molar-refractivity contribution in [3.8, 4) is 0 Å². The zero-order chi connectivity index (χ0) is 12.7. The molecule has 0 aliphatic rings. The van der Waals surface area contributed by atoms with E-state index in [-0.39, 0.29) is 5.78 Å². The maximum absolute atomic E-state index is 12.3. The molecule has 0 unspecified atom stereocenters. The van der Waals surface area contributed by atoms with Crippen molar-refractivity contribution in [2.24, 2.45) is 14.1 Å². The first kappa shape index (κ1) is 11.9. The van der Waals surface area contributed by atoms with Gasteiger partial charge in [0, 0.05) is 14.1 Å². The van der Waals surface area contributed by atoms with Gasteiger partial charge in [0.1, 0.15) is 10.8 Å². The van der Waals surface area contributed by atoms with E-state index in [0.29, 0.717) is 22.1 Å². The van der Waals surface area contributed by atoms with Crippen LogP contribution in [0.2, 0.25) is 5.15 Å². The highest BCUT2D eigenvalue weighted by atomic mass is 35.5. The van der Waals surface area contributed by atoms with Crippen LogP contribution in [0, 0.1) is 13.8 Å². The van der Waals surface area contributed by atoms with E-state index in [0.717, 1.165) is 5.69 Å². The fourth-order valence-corrected chi connectivity index (χ4v) is 2.10. The van der Waals surface area contributed by atoms with E-state index in [9.17, 15) is 4.79 Å². The molecule has 0 saturated heterocycles. The molecule has 2 aromatic rings. The summed E-state index contributed by atoms with van der Waals surface area (Å²) < 4.78 is 3.05. The van der Waals surface area contributed by atoms with Gasteiger partial charge in [-0.1, -0.05) is 11.6 Å².